The van der Waals surface area contributed by atoms with Crippen molar-refractivity contribution >= 4 is 31.4 Å². The Labute approximate surface area is 267 Å². The fourth-order valence-corrected chi connectivity index (χ4v) is 4.87. The molecule has 8 heteroatoms. The summed E-state index contributed by atoms with van der Waals surface area (Å²) in [5.41, 5.74) is 5.69. The number of para-hydroxylation sites is 1. The van der Waals surface area contributed by atoms with Crippen LogP contribution in [-0.2, 0) is 20.8 Å². The molecule has 0 unspecified atom stereocenters. The largest absolute Gasteiger partial charge is 0.506 e. The van der Waals surface area contributed by atoms with Crippen molar-refractivity contribution in [3.05, 3.63) is 94.4 Å². The predicted octanol–water partition coefficient (Wildman–Crippen LogP) is 7.96. The van der Waals surface area contributed by atoms with E-state index in [9.17, 15) is 9.90 Å². The van der Waals surface area contributed by atoms with Crippen molar-refractivity contribution in [3.63, 3.8) is 0 Å². The van der Waals surface area contributed by atoms with Crippen LogP contribution >= 0.6 is 0 Å². The number of rotatable bonds is 8. The summed E-state index contributed by atoms with van der Waals surface area (Å²) in [7, 11) is 0. The number of carbonyl (C=O) groups excluding carboxylic acids is 3. The Balaban J connectivity index is 0.000000655. The molecule has 0 saturated carbocycles. The molecule has 1 atom stereocenters. The van der Waals surface area contributed by atoms with Gasteiger partial charge in [-0.3, -0.25) is 4.79 Å². The third-order valence-corrected chi connectivity index (χ3v) is 7.70. The van der Waals surface area contributed by atoms with Crippen LogP contribution in [0.1, 0.15) is 70.2 Å². The summed E-state index contributed by atoms with van der Waals surface area (Å²) in [6.45, 7) is 16.7. The van der Waals surface area contributed by atoms with Crippen LogP contribution in [0.4, 0.5) is 15.8 Å². The number of halogens is 1. The zero-order chi connectivity index (χ0) is 34.2. The average Bonchev–Trinajstić information content (AvgIpc) is 3.16. The zero-order valence-corrected chi connectivity index (χ0v) is 27.2. The Morgan fingerprint density at radius 2 is 1.73 bits per heavy atom. The van der Waals surface area contributed by atoms with Crippen LogP contribution in [-0.4, -0.2) is 31.7 Å². The van der Waals surface area contributed by atoms with Crippen LogP contribution in [0.15, 0.2) is 71.9 Å². The smallest absolute Gasteiger partial charge is 0.215 e. The lowest BCUT2D eigenvalue weighted by molar-refractivity contribution is -0.107. The van der Waals surface area contributed by atoms with Crippen LogP contribution in [0, 0.1) is 30.5 Å². The zero-order valence-electron chi connectivity index (χ0n) is 27.2. The van der Waals surface area contributed by atoms with E-state index in [1.807, 2.05) is 20.5 Å². The van der Waals surface area contributed by atoms with Gasteiger partial charge in [-0.25, -0.2) is 4.39 Å². The van der Waals surface area contributed by atoms with Gasteiger partial charge in [-0.1, -0.05) is 70.4 Å². The number of amides is 1. The molecule has 7 nitrogen and oxygen atoms in total. The van der Waals surface area contributed by atoms with Gasteiger partial charge in [0.1, 0.15) is 43.2 Å². The topological polar surface area (TPSA) is 95.9 Å². The number of carbonyl (C=O) groups is 3. The van der Waals surface area contributed by atoms with Crippen molar-refractivity contribution in [2.24, 2.45) is 5.41 Å². The Hall–Kier alpha value is -4.90. The van der Waals surface area contributed by atoms with E-state index in [1.54, 1.807) is 30.3 Å². The highest BCUT2D eigenvalue weighted by molar-refractivity contribution is 5.90. The number of benzene rings is 3. The van der Waals surface area contributed by atoms with E-state index < -0.39 is 11.9 Å². The lowest BCUT2D eigenvalue weighted by Gasteiger charge is -2.30. The molecule has 0 aromatic heterocycles. The van der Waals surface area contributed by atoms with E-state index in [0.717, 1.165) is 24.1 Å². The standard InChI is InChI=1S/C26H29FN2O3.C9H12.2CH2O/c1-6-13-32-18-11-12-19(20(27)14-18)25-17(3)21(15-26(4,5)7-2)28-24-22(29(25)16-30)9-8-10-23(24)31;1-3-9-7-5-4-6-8(9)2;2*1-2/h1,8-12,14,16,25,28,31H,7,13,15H2,2-5H3;4-7H,3H2,1-2H3;2*1H2/t25-;;;/m1.../s1. The molecule has 4 rings (SSSR count). The van der Waals surface area contributed by atoms with Gasteiger partial charge >= 0.3 is 0 Å². The van der Waals surface area contributed by atoms with Gasteiger partial charge < -0.3 is 29.6 Å². The van der Waals surface area contributed by atoms with Crippen molar-refractivity contribution in [2.45, 2.75) is 66.8 Å². The van der Waals surface area contributed by atoms with Crippen molar-refractivity contribution in [3.8, 4) is 23.8 Å². The number of allylic oxidation sites excluding steroid dienone is 1. The first kappa shape index (κ1) is 38.1. The minimum Gasteiger partial charge on any atom is -0.506 e. The van der Waals surface area contributed by atoms with Gasteiger partial charge in [0, 0.05) is 17.3 Å². The Morgan fingerprint density at radius 1 is 1.07 bits per heavy atom. The normalized spacial score (nSPS) is 13.5. The molecule has 0 spiro atoms. The van der Waals surface area contributed by atoms with E-state index in [4.69, 9.17) is 20.7 Å². The third-order valence-electron chi connectivity index (χ3n) is 7.70. The SMILES string of the molecule is C#CCOc1ccc([C@H]2C(C)=C(CC(C)(C)CC)Nc3c(O)cccc3N2C=O)c(F)c1.C=O.C=O.CCc1ccccc1C. The van der Waals surface area contributed by atoms with Crippen molar-refractivity contribution < 1.29 is 28.6 Å². The fraction of sp³-hybridized carbons (Fsp3) is 0.324. The van der Waals surface area contributed by atoms with E-state index in [1.165, 1.54) is 22.1 Å². The quantitative estimate of drug-likeness (QED) is 0.151. The first-order chi connectivity index (χ1) is 21.6. The van der Waals surface area contributed by atoms with Crippen LogP contribution < -0.4 is 15.0 Å². The molecule has 3 aromatic rings. The van der Waals surface area contributed by atoms with Gasteiger partial charge in [-0.05, 0) is 73.1 Å². The van der Waals surface area contributed by atoms with E-state index in [-0.39, 0.29) is 17.8 Å². The number of terminal acetylenes is 1. The third kappa shape index (κ3) is 10.1. The van der Waals surface area contributed by atoms with Crippen LogP contribution in [0.3, 0.4) is 0 Å². The number of aromatic hydroxyl groups is 1. The number of aryl methyl sites for hydroxylation is 2. The number of nitrogens with zero attached hydrogens (tertiary/aromatic N) is 1. The molecule has 0 fully saturated rings. The van der Waals surface area contributed by atoms with Crippen LogP contribution in [0.5, 0.6) is 11.5 Å². The molecule has 0 aliphatic carbocycles. The fourth-order valence-electron chi connectivity index (χ4n) is 4.87. The minimum atomic E-state index is -0.701. The summed E-state index contributed by atoms with van der Waals surface area (Å²) in [6, 6.07) is 17.3. The molecule has 1 aliphatic heterocycles. The molecule has 45 heavy (non-hydrogen) atoms. The number of ether oxygens (including phenoxy) is 1. The summed E-state index contributed by atoms with van der Waals surface area (Å²) in [6.07, 6.45) is 8.63. The van der Waals surface area contributed by atoms with Crippen molar-refractivity contribution in [1.29, 1.82) is 0 Å². The number of phenolic OH excluding ortho intramolecular Hbond substituents is 1. The Morgan fingerprint density at radius 3 is 2.27 bits per heavy atom. The summed E-state index contributed by atoms with van der Waals surface area (Å²) in [5.74, 6) is 2.19. The highest BCUT2D eigenvalue weighted by atomic mass is 19.1. The highest BCUT2D eigenvalue weighted by Crippen LogP contribution is 2.47. The Bertz CT molecular complexity index is 1480. The average molecular weight is 617 g/mol. The molecule has 1 amide bonds. The number of hydrogen-bond acceptors (Lipinski definition) is 6. The van der Waals surface area contributed by atoms with Crippen molar-refractivity contribution in [2.75, 3.05) is 16.8 Å². The number of anilines is 2. The van der Waals surface area contributed by atoms with Gasteiger partial charge in [0.2, 0.25) is 6.41 Å². The second-order valence-corrected chi connectivity index (χ2v) is 11.0. The second kappa shape index (κ2) is 18.7. The van der Waals surface area contributed by atoms with Gasteiger partial charge in [-0.15, -0.1) is 6.42 Å². The van der Waals surface area contributed by atoms with Gasteiger partial charge in [0.25, 0.3) is 0 Å². The maximum absolute atomic E-state index is 15.3. The van der Waals surface area contributed by atoms with Gasteiger partial charge in [-0.2, -0.15) is 0 Å². The monoisotopic (exact) mass is 616 g/mol. The molecular weight excluding hydrogens is 571 g/mol. The lowest BCUT2D eigenvalue weighted by atomic mass is 9.83. The molecule has 0 radical (unpaired) electrons. The molecule has 1 aliphatic rings. The minimum absolute atomic E-state index is 0.0214. The highest BCUT2D eigenvalue weighted by Gasteiger charge is 2.34. The van der Waals surface area contributed by atoms with E-state index >= 15 is 4.39 Å². The maximum Gasteiger partial charge on any atom is 0.215 e. The molecule has 0 bridgehead atoms. The predicted molar refractivity (Wildman–Crippen MR) is 180 cm³/mol. The summed E-state index contributed by atoms with van der Waals surface area (Å²) in [4.78, 5) is 29.8. The van der Waals surface area contributed by atoms with Gasteiger partial charge in [0.15, 0.2) is 0 Å². The number of fused-ring (bicyclic) bond motifs is 1. The molecular formula is C37H45FN2O5. The van der Waals surface area contributed by atoms with E-state index in [0.29, 0.717) is 35.5 Å². The number of hydrogen-bond donors (Lipinski definition) is 2. The molecule has 2 N–H and O–H groups in total. The lowest BCUT2D eigenvalue weighted by Crippen LogP contribution is -2.29. The second-order valence-electron chi connectivity index (χ2n) is 11.0. The first-order valence-corrected chi connectivity index (χ1v) is 14.6. The van der Waals surface area contributed by atoms with Crippen LogP contribution in [0.2, 0.25) is 0 Å². The summed E-state index contributed by atoms with van der Waals surface area (Å²) in [5, 5.41) is 13.9. The molecule has 0 saturated heterocycles. The van der Waals surface area contributed by atoms with Gasteiger partial charge in [0.05, 0.1) is 11.7 Å². The molecule has 3 aromatic carbocycles. The number of nitrogens with one attached hydrogen (secondary N) is 1. The Kier molecular flexibility index (Phi) is 15.8. The summed E-state index contributed by atoms with van der Waals surface area (Å²) >= 11 is 0. The molecule has 1 heterocycles. The van der Waals surface area contributed by atoms with Crippen LogP contribution in [0.25, 0.3) is 0 Å². The first-order valence-electron chi connectivity index (χ1n) is 14.6. The molecule has 240 valence electrons. The summed E-state index contributed by atoms with van der Waals surface area (Å²) < 4.78 is 20.6. The maximum atomic E-state index is 15.3. The van der Waals surface area contributed by atoms with E-state index in [2.05, 4.69) is 70.1 Å². The number of phenols is 1. The van der Waals surface area contributed by atoms with Crippen molar-refractivity contribution in [1.82, 2.24) is 0 Å².